The highest BCUT2D eigenvalue weighted by Crippen LogP contribution is 2.12. The second-order valence-corrected chi connectivity index (χ2v) is 2.37. The third-order valence-corrected chi connectivity index (χ3v) is 1.10. The first-order chi connectivity index (χ1) is 3.42. The Balaban J connectivity index is 3.55. The van der Waals surface area contributed by atoms with Gasteiger partial charge in [-0.05, 0) is 0 Å². The molecule has 0 aromatic rings. The molecule has 8 heavy (non-hydrogen) atoms. The fourth-order valence-electron chi connectivity index (χ4n) is 0.199. The first-order valence-corrected chi connectivity index (χ1v) is 3.06. The highest BCUT2D eigenvalue weighted by atomic mass is 32.2. The van der Waals surface area contributed by atoms with Gasteiger partial charge < -0.3 is 0 Å². The highest BCUT2D eigenvalue weighted by molar-refractivity contribution is 7.79. The van der Waals surface area contributed by atoms with E-state index in [1.165, 1.54) is 0 Å². The molecular formula is C3H5F3OS. The van der Waals surface area contributed by atoms with Crippen LogP contribution in [0.3, 0.4) is 0 Å². The molecular weight excluding hydrogens is 141 g/mol. The molecule has 0 bridgehead atoms. The summed E-state index contributed by atoms with van der Waals surface area (Å²) in [7, 11) is 0. The predicted molar refractivity (Wildman–Crippen MR) is 24.7 cm³/mol. The maximum absolute atomic E-state index is 11.5. The Morgan fingerprint density at radius 1 is 1.62 bits per heavy atom. The normalized spacial score (nSPS) is 16.0. The first kappa shape index (κ1) is 7.94. The van der Waals surface area contributed by atoms with Crippen molar-refractivity contribution in [2.45, 2.75) is 12.8 Å². The molecule has 0 aromatic heterocycles. The maximum Gasteiger partial charge on any atom is 0.259 e. The van der Waals surface area contributed by atoms with E-state index < -0.39 is 22.9 Å². The zero-order valence-corrected chi connectivity index (χ0v) is 4.97. The number of halogens is 3. The molecule has 0 aliphatic heterocycles. The van der Waals surface area contributed by atoms with Crippen molar-refractivity contribution in [1.29, 1.82) is 0 Å². The third kappa shape index (κ3) is 5.94. The summed E-state index contributed by atoms with van der Waals surface area (Å²) >= 11 is -2.89. The van der Waals surface area contributed by atoms with Crippen molar-refractivity contribution in [2.75, 3.05) is 5.75 Å². The topological polar surface area (TPSA) is 17.1 Å². The van der Waals surface area contributed by atoms with Gasteiger partial charge in [0, 0.05) is 6.92 Å². The minimum absolute atomic E-state index is 0.518. The number of hydrogen-bond acceptors (Lipinski definition) is 1. The highest BCUT2D eigenvalue weighted by Gasteiger charge is 2.24. The molecule has 0 saturated heterocycles. The van der Waals surface area contributed by atoms with Gasteiger partial charge in [-0.3, -0.25) is 0 Å². The van der Waals surface area contributed by atoms with Gasteiger partial charge in [0.1, 0.15) is 5.75 Å². The molecule has 1 atom stereocenters. The van der Waals surface area contributed by atoms with E-state index in [-0.39, 0.29) is 0 Å². The standard InChI is InChI=1S/C3H5F3OS/c1-3(4,5)2-8(6)7/h2H2,1H3. The maximum atomic E-state index is 11.5. The minimum atomic E-state index is -3.15. The average Bonchev–Trinajstić information content (AvgIpc) is 1.21. The van der Waals surface area contributed by atoms with E-state index in [0.29, 0.717) is 6.92 Å². The molecule has 1 unspecified atom stereocenters. The van der Waals surface area contributed by atoms with E-state index >= 15 is 0 Å². The van der Waals surface area contributed by atoms with Crippen molar-refractivity contribution >= 4 is 11.2 Å². The van der Waals surface area contributed by atoms with Gasteiger partial charge in [-0.1, -0.05) is 0 Å². The molecule has 0 fully saturated rings. The quantitative estimate of drug-likeness (QED) is 0.536. The van der Waals surface area contributed by atoms with Crippen LogP contribution in [-0.2, 0) is 11.2 Å². The van der Waals surface area contributed by atoms with Crippen LogP contribution in [0.25, 0.3) is 0 Å². The van der Waals surface area contributed by atoms with Gasteiger partial charge in [-0.25, -0.2) is 13.0 Å². The molecule has 0 aliphatic rings. The second-order valence-electron chi connectivity index (χ2n) is 1.50. The van der Waals surface area contributed by atoms with Crippen molar-refractivity contribution in [3.63, 3.8) is 0 Å². The van der Waals surface area contributed by atoms with E-state index in [1.807, 2.05) is 0 Å². The van der Waals surface area contributed by atoms with Crippen molar-refractivity contribution in [2.24, 2.45) is 0 Å². The smallest absolute Gasteiger partial charge is 0.224 e. The van der Waals surface area contributed by atoms with Crippen LogP contribution in [0, 0.1) is 0 Å². The second kappa shape index (κ2) is 2.48. The monoisotopic (exact) mass is 146 g/mol. The number of rotatable bonds is 2. The molecule has 1 nitrogen and oxygen atoms in total. The van der Waals surface area contributed by atoms with Crippen LogP contribution in [0.2, 0.25) is 0 Å². The van der Waals surface area contributed by atoms with Gasteiger partial charge in [-0.15, -0.1) is 3.89 Å². The molecule has 0 rings (SSSR count). The lowest BCUT2D eigenvalue weighted by Gasteiger charge is -2.02. The predicted octanol–water partition coefficient (Wildman–Crippen LogP) is 1.27. The molecule has 0 saturated carbocycles. The number of hydrogen-bond donors (Lipinski definition) is 0. The summed E-state index contributed by atoms with van der Waals surface area (Å²) in [5.41, 5.74) is 0. The summed E-state index contributed by atoms with van der Waals surface area (Å²) < 4.78 is 43.7. The van der Waals surface area contributed by atoms with Crippen LogP contribution in [0.1, 0.15) is 6.92 Å². The van der Waals surface area contributed by atoms with Gasteiger partial charge in [0.05, 0.1) is 0 Å². The van der Waals surface area contributed by atoms with Crippen molar-refractivity contribution in [3.8, 4) is 0 Å². The fourth-order valence-corrected chi connectivity index (χ4v) is 0.598. The Morgan fingerprint density at radius 3 is 2.00 bits per heavy atom. The summed E-state index contributed by atoms with van der Waals surface area (Å²) in [5, 5.41) is 0. The van der Waals surface area contributed by atoms with E-state index in [1.54, 1.807) is 0 Å². The zero-order valence-electron chi connectivity index (χ0n) is 4.16. The van der Waals surface area contributed by atoms with E-state index in [2.05, 4.69) is 0 Å². The lowest BCUT2D eigenvalue weighted by Crippen LogP contribution is -2.17. The Morgan fingerprint density at radius 2 is 2.00 bits per heavy atom. The van der Waals surface area contributed by atoms with Gasteiger partial charge in [0.15, 0.2) is 0 Å². The van der Waals surface area contributed by atoms with Crippen LogP contribution < -0.4 is 0 Å². The molecule has 50 valence electrons. The Labute approximate surface area is 47.6 Å². The lowest BCUT2D eigenvalue weighted by molar-refractivity contribution is 0.0476. The third-order valence-electron chi connectivity index (χ3n) is 0.367. The molecule has 0 N–H and O–H groups in total. The van der Waals surface area contributed by atoms with Crippen molar-refractivity contribution < 1.29 is 16.9 Å². The average molecular weight is 146 g/mol. The molecule has 0 aromatic carbocycles. The SMILES string of the molecule is CC(F)(F)CS(=O)F. The van der Waals surface area contributed by atoms with Gasteiger partial charge in [-0.2, -0.15) is 0 Å². The van der Waals surface area contributed by atoms with Crippen LogP contribution >= 0.6 is 0 Å². The Hall–Kier alpha value is -0.0600. The van der Waals surface area contributed by atoms with E-state index in [9.17, 15) is 16.9 Å². The molecule has 5 heteroatoms. The molecule has 0 radical (unpaired) electrons. The summed E-state index contributed by atoms with van der Waals surface area (Å²) in [5.74, 6) is -4.35. The number of alkyl halides is 2. The molecule has 0 heterocycles. The van der Waals surface area contributed by atoms with Gasteiger partial charge >= 0.3 is 0 Å². The summed E-state index contributed by atoms with van der Waals surface area (Å²) in [4.78, 5) is 0. The van der Waals surface area contributed by atoms with Gasteiger partial charge in [0.2, 0.25) is 11.2 Å². The Bertz CT molecular complexity index is 97.2. The van der Waals surface area contributed by atoms with Gasteiger partial charge in [0.25, 0.3) is 5.92 Å². The summed E-state index contributed by atoms with van der Waals surface area (Å²) in [6.45, 7) is 0.518. The van der Waals surface area contributed by atoms with Crippen LogP contribution in [0.5, 0.6) is 0 Å². The molecule has 0 amide bonds. The summed E-state index contributed by atoms with van der Waals surface area (Å²) in [6, 6.07) is 0. The molecule has 0 spiro atoms. The zero-order chi connectivity index (χ0) is 6.78. The van der Waals surface area contributed by atoms with Crippen LogP contribution in [-0.4, -0.2) is 15.9 Å². The largest absolute Gasteiger partial charge is 0.259 e. The van der Waals surface area contributed by atoms with Crippen molar-refractivity contribution in [1.82, 2.24) is 0 Å². The fraction of sp³-hybridized carbons (Fsp3) is 1.00. The molecule has 0 aliphatic carbocycles. The summed E-state index contributed by atoms with van der Waals surface area (Å²) in [6.07, 6.45) is 0. The van der Waals surface area contributed by atoms with Crippen LogP contribution in [0.4, 0.5) is 12.7 Å². The first-order valence-electron chi connectivity index (χ1n) is 1.84. The van der Waals surface area contributed by atoms with Crippen LogP contribution in [0.15, 0.2) is 0 Å². The minimum Gasteiger partial charge on any atom is -0.224 e. The van der Waals surface area contributed by atoms with E-state index in [4.69, 9.17) is 0 Å². The lowest BCUT2D eigenvalue weighted by atomic mass is 10.5. The van der Waals surface area contributed by atoms with Crippen molar-refractivity contribution in [3.05, 3.63) is 0 Å². The van der Waals surface area contributed by atoms with E-state index in [0.717, 1.165) is 0 Å². The Kier molecular flexibility index (Phi) is 2.46.